The number of amides is 1. The van der Waals surface area contributed by atoms with Crippen LogP contribution in [0.3, 0.4) is 0 Å². The van der Waals surface area contributed by atoms with Gasteiger partial charge in [0.2, 0.25) is 5.91 Å². The average molecular weight is 260 g/mol. The molecule has 0 spiro atoms. The van der Waals surface area contributed by atoms with Crippen LogP contribution in [-0.4, -0.2) is 38.9 Å². The predicted octanol–water partition coefficient (Wildman–Crippen LogP) is 1.51. The van der Waals surface area contributed by atoms with E-state index in [1.54, 1.807) is 0 Å². The van der Waals surface area contributed by atoms with E-state index in [0.29, 0.717) is 6.04 Å². The molecule has 0 saturated carbocycles. The highest BCUT2D eigenvalue weighted by molar-refractivity contribution is 5.87. The largest absolute Gasteiger partial charge is 0.339 e. The lowest BCUT2D eigenvalue weighted by atomic mass is 10.0. The maximum absolute atomic E-state index is 11.5. The van der Waals surface area contributed by atoms with Crippen LogP contribution >= 0.6 is 0 Å². The first-order valence-electron chi connectivity index (χ1n) is 7.14. The second kappa shape index (κ2) is 5.15. The molecule has 1 aromatic heterocycles. The fourth-order valence-electron chi connectivity index (χ4n) is 2.97. The molecule has 1 saturated heterocycles. The second-order valence-corrected chi connectivity index (χ2v) is 5.38. The van der Waals surface area contributed by atoms with Crippen molar-refractivity contribution in [2.24, 2.45) is 0 Å². The number of hydrogen-bond acceptors (Lipinski definition) is 3. The van der Waals surface area contributed by atoms with Gasteiger partial charge in [-0.05, 0) is 44.6 Å². The van der Waals surface area contributed by atoms with E-state index in [0.717, 1.165) is 38.8 Å². The molecule has 1 aromatic rings. The molecule has 0 aromatic carbocycles. The van der Waals surface area contributed by atoms with Crippen molar-refractivity contribution in [3.05, 3.63) is 24.0 Å². The second-order valence-electron chi connectivity index (χ2n) is 5.38. The number of nitrogens with zero attached hydrogens (tertiary/aromatic N) is 4. The van der Waals surface area contributed by atoms with Crippen molar-refractivity contribution in [2.45, 2.75) is 44.6 Å². The van der Waals surface area contributed by atoms with Gasteiger partial charge in [0.05, 0.1) is 17.4 Å². The molecule has 102 valence electrons. The van der Waals surface area contributed by atoms with Gasteiger partial charge in [0.1, 0.15) is 0 Å². The molecule has 1 amide bonds. The maximum Gasteiger partial charge on any atom is 0.245 e. The van der Waals surface area contributed by atoms with Crippen molar-refractivity contribution >= 4 is 5.91 Å². The number of hydrogen-bond donors (Lipinski definition) is 0. The SMILES string of the molecule is C=CC(=O)N1CCC(n2nc3c(n2)CCCC3)CC1. The summed E-state index contributed by atoms with van der Waals surface area (Å²) < 4.78 is 0. The summed E-state index contributed by atoms with van der Waals surface area (Å²) in [6.45, 7) is 5.09. The van der Waals surface area contributed by atoms with Gasteiger partial charge in [0.15, 0.2) is 0 Å². The topological polar surface area (TPSA) is 51.0 Å². The van der Waals surface area contributed by atoms with E-state index in [-0.39, 0.29) is 5.91 Å². The third-order valence-corrected chi connectivity index (χ3v) is 4.13. The van der Waals surface area contributed by atoms with Crippen LogP contribution in [0.1, 0.15) is 43.1 Å². The molecule has 1 aliphatic heterocycles. The summed E-state index contributed by atoms with van der Waals surface area (Å²) in [5.74, 6) is 0.0335. The van der Waals surface area contributed by atoms with E-state index in [2.05, 4.69) is 16.8 Å². The molecule has 3 rings (SSSR count). The summed E-state index contributed by atoms with van der Waals surface area (Å²) in [4.78, 5) is 15.3. The Morgan fingerprint density at radius 3 is 2.26 bits per heavy atom. The lowest BCUT2D eigenvalue weighted by molar-refractivity contribution is -0.127. The number of aryl methyl sites for hydroxylation is 2. The van der Waals surface area contributed by atoms with Gasteiger partial charge >= 0.3 is 0 Å². The van der Waals surface area contributed by atoms with Gasteiger partial charge in [0.25, 0.3) is 0 Å². The highest BCUT2D eigenvalue weighted by Gasteiger charge is 2.25. The van der Waals surface area contributed by atoms with E-state index in [1.165, 1.54) is 30.3 Å². The van der Waals surface area contributed by atoms with E-state index in [1.807, 2.05) is 9.70 Å². The molecule has 0 atom stereocenters. The Labute approximate surface area is 113 Å². The minimum Gasteiger partial charge on any atom is -0.339 e. The first-order valence-corrected chi connectivity index (χ1v) is 7.14. The zero-order valence-electron chi connectivity index (χ0n) is 11.2. The Hall–Kier alpha value is -1.65. The minimum atomic E-state index is 0.0335. The smallest absolute Gasteiger partial charge is 0.245 e. The maximum atomic E-state index is 11.5. The predicted molar refractivity (Wildman–Crippen MR) is 71.7 cm³/mol. The third-order valence-electron chi connectivity index (χ3n) is 4.13. The molecule has 1 aliphatic carbocycles. The summed E-state index contributed by atoms with van der Waals surface area (Å²) in [6.07, 6.45) is 7.88. The van der Waals surface area contributed by atoms with Gasteiger partial charge in [0, 0.05) is 13.1 Å². The lowest BCUT2D eigenvalue weighted by Gasteiger charge is -2.30. The summed E-state index contributed by atoms with van der Waals surface area (Å²) in [6, 6.07) is 0.347. The number of rotatable bonds is 2. The zero-order chi connectivity index (χ0) is 13.2. The number of carbonyl (C=O) groups excluding carboxylic acids is 1. The first kappa shape index (κ1) is 12.4. The molecule has 2 heterocycles. The van der Waals surface area contributed by atoms with Gasteiger partial charge in [-0.1, -0.05) is 6.58 Å². The number of piperidine rings is 1. The number of likely N-dealkylation sites (tertiary alicyclic amines) is 1. The fourth-order valence-corrected chi connectivity index (χ4v) is 2.97. The number of aromatic nitrogens is 3. The molecule has 0 radical (unpaired) electrons. The van der Waals surface area contributed by atoms with Crippen LogP contribution in [0.4, 0.5) is 0 Å². The van der Waals surface area contributed by atoms with Crippen molar-refractivity contribution in [2.75, 3.05) is 13.1 Å². The van der Waals surface area contributed by atoms with Crippen LogP contribution in [0.15, 0.2) is 12.7 Å². The number of fused-ring (bicyclic) bond motifs is 1. The van der Waals surface area contributed by atoms with Crippen molar-refractivity contribution in [1.29, 1.82) is 0 Å². The molecule has 5 nitrogen and oxygen atoms in total. The van der Waals surface area contributed by atoms with Crippen LogP contribution < -0.4 is 0 Å². The van der Waals surface area contributed by atoms with Crippen molar-refractivity contribution in [3.8, 4) is 0 Å². The van der Waals surface area contributed by atoms with E-state index in [9.17, 15) is 4.79 Å². The third kappa shape index (κ3) is 2.41. The van der Waals surface area contributed by atoms with Crippen LogP contribution in [0.2, 0.25) is 0 Å². The van der Waals surface area contributed by atoms with Crippen LogP contribution in [0.25, 0.3) is 0 Å². The van der Waals surface area contributed by atoms with Crippen LogP contribution in [0.5, 0.6) is 0 Å². The van der Waals surface area contributed by atoms with Gasteiger partial charge in [-0.2, -0.15) is 15.0 Å². The molecular weight excluding hydrogens is 240 g/mol. The molecule has 19 heavy (non-hydrogen) atoms. The molecule has 2 aliphatic rings. The van der Waals surface area contributed by atoms with Crippen LogP contribution in [0, 0.1) is 0 Å². The average Bonchev–Trinajstić information content (AvgIpc) is 2.90. The lowest BCUT2D eigenvalue weighted by Crippen LogP contribution is -2.38. The molecule has 5 heteroatoms. The Balaban J connectivity index is 1.66. The summed E-state index contributed by atoms with van der Waals surface area (Å²) in [5, 5.41) is 9.29. The van der Waals surface area contributed by atoms with Gasteiger partial charge in [-0.15, -0.1) is 0 Å². The molecule has 1 fully saturated rings. The first-order chi connectivity index (χ1) is 9.28. The van der Waals surface area contributed by atoms with Crippen molar-refractivity contribution in [3.63, 3.8) is 0 Å². The van der Waals surface area contributed by atoms with E-state index >= 15 is 0 Å². The number of carbonyl (C=O) groups is 1. The fraction of sp³-hybridized carbons (Fsp3) is 0.643. The Bertz CT molecular complexity index is 462. The zero-order valence-corrected chi connectivity index (χ0v) is 11.2. The van der Waals surface area contributed by atoms with E-state index < -0.39 is 0 Å². The molecule has 0 bridgehead atoms. The molecule has 0 unspecified atom stereocenters. The van der Waals surface area contributed by atoms with Crippen molar-refractivity contribution < 1.29 is 4.79 Å². The summed E-state index contributed by atoms with van der Waals surface area (Å²) >= 11 is 0. The van der Waals surface area contributed by atoms with E-state index in [4.69, 9.17) is 0 Å². The van der Waals surface area contributed by atoms with Gasteiger partial charge in [-0.3, -0.25) is 4.79 Å². The summed E-state index contributed by atoms with van der Waals surface area (Å²) in [5.41, 5.74) is 2.38. The highest BCUT2D eigenvalue weighted by atomic mass is 16.2. The normalized spacial score (nSPS) is 20.1. The minimum absolute atomic E-state index is 0.0335. The van der Waals surface area contributed by atoms with Crippen LogP contribution in [-0.2, 0) is 17.6 Å². The van der Waals surface area contributed by atoms with Gasteiger partial charge < -0.3 is 4.90 Å². The van der Waals surface area contributed by atoms with Crippen molar-refractivity contribution in [1.82, 2.24) is 19.9 Å². The Kier molecular flexibility index (Phi) is 3.36. The highest BCUT2D eigenvalue weighted by Crippen LogP contribution is 2.24. The molecule has 0 N–H and O–H groups in total. The quantitative estimate of drug-likeness (QED) is 0.757. The Morgan fingerprint density at radius 1 is 1.16 bits per heavy atom. The van der Waals surface area contributed by atoms with Gasteiger partial charge in [-0.25, -0.2) is 0 Å². The monoisotopic (exact) mass is 260 g/mol. The molecular formula is C14H20N4O. The Morgan fingerprint density at radius 2 is 1.74 bits per heavy atom. The summed E-state index contributed by atoms with van der Waals surface area (Å²) in [7, 11) is 0. The standard InChI is InChI=1S/C14H20N4O/c1-2-14(19)17-9-7-11(8-10-17)18-15-12-5-3-4-6-13(12)16-18/h2,11H,1,3-10H2.